The summed E-state index contributed by atoms with van der Waals surface area (Å²) in [5.74, 6) is 0.556. The minimum absolute atomic E-state index is 0.477. The molecule has 4 rings (SSSR count). The topological polar surface area (TPSA) is 25.8 Å². The smallest absolute Gasteiger partial charge is 0.128 e. The minimum atomic E-state index is 0.477. The molecule has 2 aromatic heterocycles. The Morgan fingerprint density at radius 3 is 2.41 bits per heavy atom. The summed E-state index contributed by atoms with van der Waals surface area (Å²) in [7, 11) is 0. The van der Waals surface area contributed by atoms with Crippen LogP contribution in [-0.2, 0) is 5.75 Å². The van der Waals surface area contributed by atoms with Gasteiger partial charge in [0.1, 0.15) is 16.2 Å². The molecule has 2 aromatic carbocycles. The maximum absolute atomic E-state index is 6.33. The van der Waals surface area contributed by atoms with Gasteiger partial charge in [-0.2, -0.15) is 0 Å². The van der Waals surface area contributed by atoms with Crippen LogP contribution in [0.15, 0.2) is 53.1 Å². The summed E-state index contributed by atoms with van der Waals surface area (Å²) >= 11 is 27.9. The number of thioether (sulfide) groups is 1. The standard InChI is InChI=1S/C19H10Cl4N2S2/c20-11-3-1-10(2-4-11)12-7-26-18-16(12)19(25-9-24-18)27-8-13-14(21)5-6-15(22)17(13)23/h1-7,9H,8H2. The molecule has 0 amide bonds. The summed E-state index contributed by atoms with van der Waals surface area (Å²) in [6.07, 6.45) is 1.58. The molecule has 0 atom stereocenters. The molecule has 0 aliphatic carbocycles. The van der Waals surface area contributed by atoms with Crippen LogP contribution in [0.25, 0.3) is 21.3 Å². The van der Waals surface area contributed by atoms with Crippen LogP contribution in [0.1, 0.15) is 5.56 Å². The third kappa shape index (κ3) is 3.93. The van der Waals surface area contributed by atoms with Gasteiger partial charge in [-0.15, -0.1) is 23.1 Å². The second kappa shape index (κ2) is 8.16. The molecule has 4 aromatic rings. The Bertz CT molecular complexity index is 1130. The minimum Gasteiger partial charge on any atom is -0.229 e. The Labute approximate surface area is 184 Å². The summed E-state index contributed by atoms with van der Waals surface area (Å²) in [6.45, 7) is 0. The lowest BCUT2D eigenvalue weighted by atomic mass is 10.1. The van der Waals surface area contributed by atoms with Gasteiger partial charge < -0.3 is 0 Å². The van der Waals surface area contributed by atoms with E-state index in [0.29, 0.717) is 25.8 Å². The molecule has 0 bridgehead atoms. The third-order valence-electron chi connectivity index (χ3n) is 3.98. The van der Waals surface area contributed by atoms with Crippen molar-refractivity contribution in [2.75, 3.05) is 0 Å². The van der Waals surface area contributed by atoms with E-state index in [-0.39, 0.29) is 0 Å². The van der Waals surface area contributed by atoms with E-state index in [4.69, 9.17) is 46.4 Å². The molecule has 0 aliphatic rings. The molecule has 0 saturated heterocycles. The van der Waals surface area contributed by atoms with Gasteiger partial charge in [-0.25, -0.2) is 9.97 Å². The number of benzene rings is 2. The molecule has 0 unspecified atom stereocenters. The maximum Gasteiger partial charge on any atom is 0.128 e. The van der Waals surface area contributed by atoms with Crippen molar-refractivity contribution in [3.63, 3.8) is 0 Å². The first-order chi connectivity index (χ1) is 13.0. The van der Waals surface area contributed by atoms with E-state index in [2.05, 4.69) is 15.3 Å². The molecule has 8 heteroatoms. The van der Waals surface area contributed by atoms with E-state index >= 15 is 0 Å². The molecular formula is C19H10Cl4N2S2. The first-order valence-corrected chi connectivity index (χ1v) is 11.2. The third-order valence-corrected chi connectivity index (χ3v) is 7.33. The van der Waals surface area contributed by atoms with E-state index in [0.717, 1.165) is 31.9 Å². The van der Waals surface area contributed by atoms with Crippen molar-refractivity contribution in [2.45, 2.75) is 10.8 Å². The van der Waals surface area contributed by atoms with Crippen molar-refractivity contribution in [1.29, 1.82) is 0 Å². The summed E-state index contributed by atoms with van der Waals surface area (Å²) in [4.78, 5) is 9.83. The van der Waals surface area contributed by atoms with Crippen LogP contribution in [0.4, 0.5) is 0 Å². The van der Waals surface area contributed by atoms with Gasteiger partial charge in [0.15, 0.2) is 0 Å². The van der Waals surface area contributed by atoms with E-state index in [9.17, 15) is 0 Å². The molecule has 0 N–H and O–H groups in total. The maximum atomic E-state index is 6.33. The quantitative estimate of drug-likeness (QED) is 0.170. The number of aromatic nitrogens is 2. The molecule has 0 radical (unpaired) electrons. The molecule has 136 valence electrons. The van der Waals surface area contributed by atoms with Crippen LogP contribution >= 0.6 is 69.5 Å². The predicted molar refractivity (Wildman–Crippen MR) is 119 cm³/mol. The number of hydrogen-bond acceptors (Lipinski definition) is 4. The van der Waals surface area contributed by atoms with Crippen molar-refractivity contribution in [2.24, 2.45) is 0 Å². The number of thiophene rings is 1. The SMILES string of the molecule is Clc1ccc(-c2csc3ncnc(SCc4c(Cl)ccc(Cl)c4Cl)c23)cc1. The predicted octanol–water partition coefficient (Wildman–Crippen LogP) is 8.26. The molecule has 2 nitrogen and oxygen atoms in total. The molecule has 0 saturated carbocycles. The molecule has 0 spiro atoms. The first-order valence-electron chi connectivity index (χ1n) is 7.78. The monoisotopic (exact) mass is 470 g/mol. The van der Waals surface area contributed by atoms with Gasteiger partial charge in [0.2, 0.25) is 0 Å². The Balaban J connectivity index is 1.74. The number of hydrogen-bond donors (Lipinski definition) is 0. The van der Waals surface area contributed by atoms with Crippen molar-refractivity contribution in [1.82, 2.24) is 9.97 Å². The van der Waals surface area contributed by atoms with Crippen LogP contribution in [0, 0.1) is 0 Å². The van der Waals surface area contributed by atoms with Gasteiger partial charge in [0.25, 0.3) is 0 Å². The number of rotatable bonds is 4. The Kier molecular flexibility index (Phi) is 5.83. The molecule has 0 fully saturated rings. The van der Waals surface area contributed by atoms with Gasteiger partial charge >= 0.3 is 0 Å². The fourth-order valence-electron chi connectivity index (χ4n) is 2.64. The second-order valence-corrected chi connectivity index (χ2v) is 9.08. The fraction of sp³-hybridized carbons (Fsp3) is 0.0526. The summed E-state index contributed by atoms with van der Waals surface area (Å²) in [6, 6.07) is 11.2. The van der Waals surface area contributed by atoms with Gasteiger partial charge in [0.05, 0.1) is 15.4 Å². The zero-order valence-electron chi connectivity index (χ0n) is 13.5. The van der Waals surface area contributed by atoms with Crippen LogP contribution in [0.3, 0.4) is 0 Å². The summed E-state index contributed by atoms with van der Waals surface area (Å²) < 4.78 is 0. The number of nitrogens with zero attached hydrogens (tertiary/aromatic N) is 2. The Morgan fingerprint density at radius 2 is 1.63 bits per heavy atom. The van der Waals surface area contributed by atoms with Crippen LogP contribution in [0.2, 0.25) is 20.1 Å². The zero-order chi connectivity index (χ0) is 19.0. The zero-order valence-corrected chi connectivity index (χ0v) is 18.2. The molecule has 2 heterocycles. The molecular weight excluding hydrogens is 462 g/mol. The van der Waals surface area contributed by atoms with Gasteiger partial charge in [0, 0.05) is 32.3 Å². The van der Waals surface area contributed by atoms with Gasteiger partial charge in [-0.3, -0.25) is 0 Å². The highest BCUT2D eigenvalue weighted by molar-refractivity contribution is 7.98. The number of halogens is 4. The van der Waals surface area contributed by atoms with Gasteiger partial charge in [-0.1, -0.05) is 58.5 Å². The fourth-order valence-corrected chi connectivity index (χ4v) is 5.64. The normalized spacial score (nSPS) is 11.3. The lowest BCUT2D eigenvalue weighted by Gasteiger charge is -2.09. The largest absolute Gasteiger partial charge is 0.229 e. The summed E-state index contributed by atoms with van der Waals surface area (Å²) in [5.41, 5.74) is 2.95. The van der Waals surface area contributed by atoms with Crippen LogP contribution in [-0.4, -0.2) is 9.97 Å². The van der Waals surface area contributed by atoms with E-state index in [1.807, 2.05) is 24.3 Å². The van der Waals surface area contributed by atoms with Crippen molar-refractivity contribution in [3.8, 4) is 11.1 Å². The van der Waals surface area contributed by atoms with Crippen molar-refractivity contribution in [3.05, 3.63) is 73.8 Å². The molecule has 0 aliphatic heterocycles. The van der Waals surface area contributed by atoms with Gasteiger partial charge in [-0.05, 0) is 29.8 Å². The lowest BCUT2D eigenvalue weighted by Crippen LogP contribution is -1.90. The van der Waals surface area contributed by atoms with Crippen molar-refractivity contribution < 1.29 is 0 Å². The number of fused-ring (bicyclic) bond motifs is 1. The second-order valence-electron chi connectivity index (χ2n) is 5.63. The molecule has 27 heavy (non-hydrogen) atoms. The van der Waals surface area contributed by atoms with E-state index in [1.54, 1.807) is 41.6 Å². The highest BCUT2D eigenvalue weighted by Gasteiger charge is 2.16. The van der Waals surface area contributed by atoms with Crippen molar-refractivity contribution >= 4 is 79.7 Å². The highest BCUT2D eigenvalue weighted by Crippen LogP contribution is 2.41. The Hall–Kier alpha value is -1.01. The summed E-state index contributed by atoms with van der Waals surface area (Å²) in [5, 5.41) is 6.24. The van der Waals surface area contributed by atoms with Crippen LogP contribution < -0.4 is 0 Å². The average Bonchev–Trinajstić information content (AvgIpc) is 3.10. The highest BCUT2D eigenvalue weighted by atomic mass is 35.5. The first kappa shape index (κ1) is 19.3. The van der Waals surface area contributed by atoms with Crippen LogP contribution in [0.5, 0.6) is 0 Å². The van der Waals surface area contributed by atoms with E-state index < -0.39 is 0 Å². The average molecular weight is 472 g/mol. The lowest BCUT2D eigenvalue weighted by molar-refractivity contribution is 1.11. The Morgan fingerprint density at radius 1 is 0.889 bits per heavy atom. The van der Waals surface area contributed by atoms with E-state index in [1.165, 1.54) is 0 Å².